The summed E-state index contributed by atoms with van der Waals surface area (Å²) in [5.74, 6) is -0.0502. The van der Waals surface area contributed by atoms with Gasteiger partial charge in [0.05, 0.1) is 17.0 Å². The minimum absolute atomic E-state index is 0.144. The molecular weight excluding hydrogens is 384 g/mol. The van der Waals surface area contributed by atoms with Gasteiger partial charge in [-0.25, -0.2) is 0 Å². The van der Waals surface area contributed by atoms with Crippen molar-refractivity contribution in [3.8, 4) is 0 Å². The lowest BCUT2D eigenvalue weighted by molar-refractivity contribution is -0.115. The van der Waals surface area contributed by atoms with Crippen LogP contribution in [0.15, 0.2) is 46.7 Å². The SMILES string of the molecule is Cc1cccc(S(=O)(=O)n2nc3c(c2NC(=O)Cc2cccs2)CNC3)c1. The van der Waals surface area contributed by atoms with Crippen LogP contribution in [0.1, 0.15) is 21.7 Å². The summed E-state index contributed by atoms with van der Waals surface area (Å²) in [5, 5.41) is 12.1. The molecule has 0 spiro atoms. The van der Waals surface area contributed by atoms with E-state index in [0.29, 0.717) is 24.3 Å². The summed E-state index contributed by atoms with van der Waals surface area (Å²) in [6, 6.07) is 10.4. The van der Waals surface area contributed by atoms with Gasteiger partial charge in [-0.15, -0.1) is 15.4 Å². The van der Waals surface area contributed by atoms with Crippen LogP contribution in [0, 0.1) is 6.92 Å². The van der Waals surface area contributed by atoms with Crippen molar-refractivity contribution in [2.45, 2.75) is 31.3 Å². The average Bonchev–Trinajstić information content (AvgIpc) is 3.34. The second kappa shape index (κ2) is 6.91. The number of nitrogens with zero attached hydrogens (tertiary/aromatic N) is 2. The summed E-state index contributed by atoms with van der Waals surface area (Å²) in [6.45, 7) is 2.77. The highest BCUT2D eigenvalue weighted by atomic mass is 32.2. The Labute approximate surface area is 161 Å². The molecule has 0 fully saturated rings. The number of hydrogen-bond donors (Lipinski definition) is 2. The Balaban J connectivity index is 1.72. The number of anilines is 1. The third-order valence-corrected chi connectivity index (χ3v) is 6.76. The van der Waals surface area contributed by atoms with Crippen LogP contribution >= 0.6 is 11.3 Å². The monoisotopic (exact) mass is 402 g/mol. The molecule has 3 aromatic rings. The van der Waals surface area contributed by atoms with Crippen LogP contribution < -0.4 is 10.6 Å². The molecule has 0 radical (unpaired) electrons. The third-order valence-electron chi connectivity index (χ3n) is 4.32. The van der Waals surface area contributed by atoms with Crippen LogP contribution in [0.4, 0.5) is 5.82 Å². The van der Waals surface area contributed by atoms with Crippen molar-refractivity contribution in [1.82, 2.24) is 14.5 Å². The average molecular weight is 403 g/mol. The van der Waals surface area contributed by atoms with Gasteiger partial charge < -0.3 is 10.6 Å². The summed E-state index contributed by atoms with van der Waals surface area (Å²) < 4.78 is 27.2. The highest BCUT2D eigenvalue weighted by molar-refractivity contribution is 7.90. The number of rotatable bonds is 5. The molecule has 27 heavy (non-hydrogen) atoms. The molecule has 3 heterocycles. The van der Waals surface area contributed by atoms with Crippen LogP contribution in [0.25, 0.3) is 0 Å². The summed E-state index contributed by atoms with van der Waals surface area (Å²) in [7, 11) is -3.91. The van der Waals surface area contributed by atoms with Gasteiger partial charge in [0.1, 0.15) is 0 Å². The number of carbonyl (C=O) groups is 1. The minimum Gasteiger partial charge on any atom is -0.309 e. The molecule has 0 aliphatic carbocycles. The van der Waals surface area contributed by atoms with Crippen LogP contribution in [-0.4, -0.2) is 23.5 Å². The Hall–Kier alpha value is -2.49. The van der Waals surface area contributed by atoms with Crippen molar-refractivity contribution in [3.05, 3.63) is 63.5 Å². The van der Waals surface area contributed by atoms with Gasteiger partial charge in [0.15, 0.2) is 5.82 Å². The van der Waals surface area contributed by atoms with E-state index in [1.807, 2.05) is 30.5 Å². The molecular formula is C18H18N4O3S2. The Bertz CT molecular complexity index is 1100. The van der Waals surface area contributed by atoms with Crippen molar-refractivity contribution in [2.24, 2.45) is 0 Å². The zero-order chi connectivity index (χ0) is 19.0. The molecule has 140 valence electrons. The first-order valence-corrected chi connectivity index (χ1v) is 10.7. The first-order valence-electron chi connectivity index (χ1n) is 8.41. The summed E-state index contributed by atoms with van der Waals surface area (Å²) in [5.41, 5.74) is 2.18. The van der Waals surface area contributed by atoms with Crippen molar-refractivity contribution in [3.63, 3.8) is 0 Å². The lowest BCUT2D eigenvalue weighted by Gasteiger charge is -2.12. The fraction of sp³-hybridized carbons (Fsp3) is 0.222. The van der Waals surface area contributed by atoms with Gasteiger partial charge >= 0.3 is 0 Å². The number of carbonyl (C=O) groups excluding carboxylic acids is 1. The highest BCUT2D eigenvalue weighted by Crippen LogP contribution is 2.28. The zero-order valence-corrected chi connectivity index (χ0v) is 16.2. The van der Waals surface area contributed by atoms with Gasteiger partial charge in [0.25, 0.3) is 10.0 Å². The highest BCUT2D eigenvalue weighted by Gasteiger charge is 2.30. The predicted molar refractivity (Wildman–Crippen MR) is 103 cm³/mol. The van der Waals surface area contributed by atoms with Crippen LogP contribution in [0.2, 0.25) is 0 Å². The number of aryl methyl sites for hydroxylation is 1. The predicted octanol–water partition coefficient (Wildman–Crippen LogP) is 2.27. The molecule has 0 atom stereocenters. The zero-order valence-electron chi connectivity index (χ0n) is 14.6. The molecule has 1 aromatic carbocycles. The molecule has 2 N–H and O–H groups in total. The Morgan fingerprint density at radius 2 is 2.15 bits per heavy atom. The number of nitrogens with one attached hydrogen (secondary N) is 2. The molecule has 2 aromatic heterocycles. The Morgan fingerprint density at radius 1 is 1.30 bits per heavy atom. The Kier molecular flexibility index (Phi) is 4.58. The first kappa shape index (κ1) is 17.9. The van der Waals surface area contributed by atoms with E-state index >= 15 is 0 Å². The van der Waals surface area contributed by atoms with Gasteiger partial charge in [-0.3, -0.25) is 4.79 Å². The molecule has 0 bridgehead atoms. The molecule has 0 saturated heterocycles. The van der Waals surface area contributed by atoms with Gasteiger partial charge in [-0.1, -0.05) is 18.2 Å². The van der Waals surface area contributed by atoms with E-state index in [0.717, 1.165) is 14.5 Å². The van der Waals surface area contributed by atoms with Crippen molar-refractivity contribution in [1.29, 1.82) is 0 Å². The van der Waals surface area contributed by atoms with E-state index in [9.17, 15) is 13.2 Å². The molecule has 1 aliphatic rings. The van der Waals surface area contributed by atoms with Gasteiger partial charge in [-0.05, 0) is 36.1 Å². The number of aromatic nitrogens is 2. The number of amides is 1. The Morgan fingerprint density at radius 3 is 2.89 bits per heavy atom. The van der Waals surface area contributed by atoms with E-state index in [1.165, 1.54) is 17.4 Å². The smallest absolute Gasteiger partial charge is 0.284 e. The largest absolute Gasteiger partial charge is 0.309 e. The lowest BCUT2D eigenvalue weighted by atomic mass is 10.2. The fourth-order valence-electron chi connectivity index (χ4n) is 3.03. The molecule has 4 rings (SSSR count). The molecule has 9 heteroatoms. The van der Waals surface area contributed by atoms with Gasteiger partial charge in [-0.2, -0.15) is 13.5 Å². The van der Waals surface area contributed by atoms with Gasteiger partial charge in [0, 0.05) is 23.5 Å². The normalized spacial score (nSPS) is 13.5. The second-order valence-corrected chi connectivity index (χ2v) is 9.15. The van der Waals surface area contributed by atoms with E-state index in [-0.39, 0.29) is 23.0 Å². The lowest BCUT2D eigenvalue weighted by Crippen LogP contribution is -2.23. The fourth-order valence-corrected chi connectivity index (χ4v) is 5.12. The van der Waals surface area contributed by atoms with E-state index in [2.05, 4.69) is 15.7 Å². The summed E-state index contributed by atoms with van der Waals surface area (Å²) in [4.78, 5) is 13.5. The van der Waals surface area contributed by atoms with E-state index in [4.69, 9.17) is 0 Å². The van der Waals surface area contributed by atoms with Crippen LogP contribution in [0.3, 0.4) is 0 Å². The summed E-state index contributed by atoms with van der Waals surface area (Å²) in [6.07, 6.45) is 0.190. The standard InChI is InChI=1S/C18H18N4O3S2/c1-12-4-2-6-14(8-12)27(24,25)22-18(15-10-19-11-16(15)21-22)20-17(23)9-13-5-3-7-26-13/h2-8,19H,9-11H2,1H3,(H,20,23). The molecule has 0 saturated carbocycles. The van der Waals surface area contributed by atoms with E-state index < -0.39 is 10.0 Å². The number of fused-ring (bicyclic) bond motifs is 1. The number of hydrogen-bond acceptors (Lipinski definition) is 6. The topological polar surface area (TPSA) is 93.1 Å². The van der Waals surface area contributed by atoms with Crippen LogP contribution in [0.5, 0.6) is 0 Å². The molecule has 0 unspecified atom stereocenters. The minimum atomic E-state index is -3.91. The maximum absolute atomic E-state index is 13.1. The van der Waals surface area contributed by atoms with Crippen LogP contribution in [-0.2, 0) is 34.3 Å². The van der Waals surface area contributed by atoms with Crippen molar-refractivity contribution < 1.29 is 13.2 Å². The number of benzene rings is 1. The second-order valence-electron chi connectivity index (χ2n) is 6.35. The number of thiophene rings is 1. The van der Waals surface area contributed by atoms with Gasteiger partial charge in [0.2, 0.25) is 5.91 Å². The van der Waals surface area contributed by atoms with E-state index in [1.54, 1.807) is 12.1 Å². The molecule has 7 nitrogen and oxygen atoms in total. The quantitative estimate of drug-likeness (QED) is 0.683. The summed E-state index contributed by atoms with van der Waals surface area (Å²) >= 11 is 1.48. The maximum atomic E-state index is 13.1. The first-order chi connectivity index (χ1) is 12.9. The van der Waals surface area contributed by atoms with Crippen molar-refractivity contribution in [2.75, 3.05) is 5.32 Å². The molecule has 1 amide bonds. The molecule has 1 aliphatic heterocycles. The maximum Gasteiger partial charge on any atom is 0.284 e. The third kappa shape index (κ3) is 3.41. The van der Waals surface area contributed by atoms with Crippen molar-refractivity contribution >= 4 is 33.1 Å².